The Kier molecular flexibility index (Phi) is 6.24. The van der Waals surface area contributed by atoms with Crippen LogP contribution >= 0.6 is 23.2 Å². The van der Waals surface area contributed by atoms with Crippen molar-refractivity contribution in [2.75, 3.05) is 13.1 Å². The second-order valence-corrected chi connectivity index (χ2v) is 10.2. The zero-order valence-electron chi connectivity index (χ0n) is 19.0. The number of amides is 1. The third-order valence-electron chi connectivity index (χ3n) is 5.83. The number of pyridine rings is 1. The number of hydrogen-bond acceptors (Lipinski definition) is 5. The standard InChI is InChI=1S/C24H27Cl2N3O4/c1-13-17(12-30)20(16-6-5-14(25)9-18(16)26)21-19(27-13)11-29(22(21)31)15-7-8-28(10-15)23(32)33-24(2,3)4/h5-6,9,11,15,30-31H,7-8,10,12H2,1-4H3. The first kappa shape index (κ1) is 23.7. The first-order valence-electron chi connectivity index (χ1n) is 10.8. The Balaban J connectivity index is 1.79. The highest BCUT2D eigenvalue weighted by molar-refractivity contribution is 6.36. The number of rotatable bonds is 3. The second kappa shape index (κ2) is 8.70. The highest BCUT2D eigenvalue weighted by atomic mass is 35.5. The fourth-order valence-electron chi connectivity index (χ4n) is 4.33. The van der Waals surface area contributed by atoms with E-state index in [0.717, 1.165) is 0 Å². The van der Waals surface area contributed by atoms with Gasteiger partial charge in [0.05, 0.1) is 23.6 Å². The van der Waals surface area contributed by atoms with E-state index in [1.54, 1.807) is 33.9 Å². The van der Waals surface area contributed by atoms with Crippen LogP contribution in [0.1, 0.15) is 44.5 Å². The number of nitrogens with zero attached hydrogens (tertiary/aromatic N) is 3. The molecule has 7 nitrogen and oxygen atoms in total. The Bertz CT molecular complexity index is 1230. The van der Waals surface area contributed by atoms with Gasteiger partial charge < -0.3 is 24.4 Å². The molecule has 3 heterocycles. The lowest BCUT2D eigenvalue weighted by atomic mass is 9.96. The van der Waals surface area contributed by atoms with Gasteiger partial charge in [0.1, 0.15) is 5.60 Å². The maximum Gasteiger partial charge on any atom is 0.410 e. The van der Waals surface area contributed by atoms with Crippen LogP contribution in [-0.2, 0) is 11.3 Å². The maximum atomic E-state index is 12.5. The van der Waals surface area contributed by atoms with E-state index < -0.39 is 5.60 Å². The number of aliphatic hydroxyl groups is 1. The summed E-state index contributed by atoms with van der Waals surface area (Å²) in [7, 11) is 0. The number of aryl methyl sites for hydroxylation is 1. The van der Waals surface area contributed by atoms with Crippen molar-refractivity contribution in [2.24, 2.45) is 0 Å². The first-order valence-corrected chi connectivity index (χ1v) is 11.5. The molecule has 2 aromatic heterocycles. The smallest absolute Gasteiger partial charge is 0.410 e. The fourth-order valence-corrected chi connectivity index (χ4v) is 4.83. The van der Waals surface area contributed by atoms with Crippen molar-refractivity contribution in [3.8, 4) is 17.0 Å². The summed E-state index contributed by atoms with van der Waals surface area (Å²) in [6, 6.07) is 4.98. The van der Waals surface area contributed by atoms with E-state index in [2.05, 4.69) is 4.98 Å². The number of aromatic nitrogens is 2. The minimum atomic E-state index is -0.575. The van der Waals surface area contributed by atoms with Gasteiger partial charge in [0.25, 0.3) is 0 Å². The van der Waals surface area contributed by atoms with Crippen molar-refractivity contribution >= 4 is 40.2 Å². The lowest BCUT2D eigenvalue weighted by molar-refractivity contribution is 0.0288. The number of benzene rings is 1. The summed E-state index contributed by atoms with van der Waals surface area (Å²) < 4.78 is 7.24. The zero-order chi connectivity index (χ0) is 24.1. The molecule has 3 aromatic rings. The summed E-state index contributed by atoms with van der Waals surface area (Å²) in [4.78, 5) is 18.8. The zero-order valence-corrected chi connectivity index (χ0v) is 20.5. The molecule has 1 unspecified atom stereocenters. The predicted octanol–water partition coefficient (Wildman–Crippen LogP) is 5.70. The number of fused-ring (bicyclic) bond motifs is 1. The third kappa shape index (κ3) is 4.50. The average Bonchev–Trinajstić information content (AvgIpc) is 3.31. The molecule has 0 bridgehead atoms. The molecular formula is C24H27Cl2N3O4. The number of aliphatic hydroxyl groups excluding tert-OH is 1. The molecule has 9 heteroatoms. The van der Waals surface area contributed by atoms with Gasteiger partial charge in [0.2, 0.25) is 5.88 Å². The number of carbonyl (C=O) groups excluding carboxylic acids is 1. The highest BCUT2D eigenvalue weighted by Gasteiger charge is 2.33. The topological polar surface area (TPSA) is 87.8 Å². The molecule has 1 aliphatic heterocycles. The number of hydrogen-bond donors (Lipinski definition) is 2. The minimum Gasteiger partial charge on any atom is -0.494 e. The van der Waals surface area contributed by atoms with Gasteiger partial charge in [-0.2, -0.15) is 0 Å². The van der Waals surface area contributed by atoms with Crippen molar-refractivity contribution in [1.82, 2.24) is 14.5 Å². The molecule has 4 rings (SSSR count). The van der Waals surface area contributed by atoms with Gasteiger partial charge in [-0.15, -0.1) is 0 Å². The van der Waals surface area contributed by atoms with E-state index in [-0.39, 0.29) is 24.6 Å². The molecule has 0 spiro atoms. The number of carbonyl (C=O) groups is 1. The summed E-state index contributed by atoms with van der Waals surface area (Å²) in [5, 5.41) is 22.8. The molecule has 33 heavy (non-hydrogen) atoms. The molecule has 2 N–H and O–H groups in total. The van der Waals surface area contributed by atoms with E-state index in [4.69, 9.17) is 27.9 Å². The quantitative estimate of drug-likeness (QED) is 0.490. The maximum absolute atomic E-state index is 12.5. The number of ether oxygens (including phenoxy) is 1. The van der Waals surface area contributed by atoms with Crippen molar-refractivity contribution < 1.29 is 19.7 Å². The number of halogens is 2. The van der Waals surface area contributed by atoms with Crippen LogP contribution in [0.15, 0.2) is 24.4 Å². The van der Waals surface area contributed by atoms with E-state index in [9.17, 15) is 15.0 Å². The van der Waals surface area contributed by atoms with Crippen molar-refractivity contribution in [1.29, 1.82) is 0 Å². The highest BCUT2D eigenvalue weighted by Crippen LogP contribution is 2.44. The first-order chi connectivity index (χ1) is 15.5. The van der Waals surface area contributed by atoms with Crippen molar-refractivity contribution in [3.05, 3.63) is 45.7 Å². The summed E-state index contributed by atoms with van der Waals surface area (Å²) in [6.07, 6.45) is 2.08. The number of aromatic hydroxyl groups is 1. The predicted molar refractivity (Wildman–Crippen MR) is 129 cm³/mol. The van der Waals surface area contributed by atoms with Crippen molar-refractivity contribution in [2.45, 2.75) is 52.4 Å². The van der Waals surface area contributed by atoms with Crippen LogP contribution in [0.25, 0.3) is 22.0 Å². The van der Waals surface area contributed by atoms with Crippen LogP contribution in [0.5, 0.6) is 5.88 Å². The van der Waals surface area contributed by atoms with Gasteiger partial charge in [-0.05, 0) is 46.2 Å². The van der Waals surface area contributed by atoms with Crippen LogP contribution in [0.3, 0.4) is 0 Å². The minimum absolute atomic E-state index is 0.0178. The molecule has 0 aliphatic carbocycles. The lowest BCUT2D eigenvalue weighted by Gasteiger charge is -2.24. The third-order valence-corrected chi connectivity index (χ3v) is 6.38. The Hall–Kier alpha value is -2.48. The molecule has 1 saturated heterocycles. The molecule has 1 amide bonds. The summed E-state index contributed by atoms with van der Waals surface area (Å²) in [6.45, 7) is 7.98. The Morgan fingerprint density at radius 3 is 2.67 bits per heavy atom. The van der Waals surface area contributed by atoms with Crippen molar-refractivity contribution in [3.63, 3.8) is 0 Å². The van der Waals surface area contributed by atoms with Gasteiger partial charge in [-0.1, -0.05) is 29.3 Å². The fraction of sp³-hybridized carbons (Fsp3) is 0.417. The average molecular weight is 492 g/mol. The van der Waals surface area contributed by atoms with Gasteiger partial charge in [-0.3, -0.25) is 4.98 Å². The molecule has 176 valence electrons. The molecule has 1 aromatic carbocycles. The summed E-state index contributed by atoms with van der Waals surface area (Å²) in [5.41, 5.74) is 2.51. The van der Waals surface area contributed by atoms with E-state index in [0.29, 0.717) is 62.8 Å². The molecule has 0 saturated carbocycles. The second-order valence-electron chi connectivity index (χ2n) is 9.32. The molecule has 0 radical (unpaired) electrons. The number of likely N-dealkylation sites (tertiary alicyclic amines) is 1. The van der Waals surface area contributed by atoms with Gasteiger partial charge in [0.15, 0.2) is 0 Å². The molecular weight excluding hydrogens is 465 g/mol. The Labute approximate surface area is 202 Å². The molecule has 1 fully saturated rings. The summed E-state index contributed by atoms with van der Waals surface area (Å²) in [5.74, 6) is 0.0178. The van der Waals surface area contributed by atoms with Crippen LogP contribution in [-0.4, -0.2) is 49.4 Å². The van der Waals surface area contributed by atoms with E-state index in [1.807, 2.05) is 27.7 Å². The normalized spacial score (nSPS) is 16.6. The van der Waals surface area contributed by atoms with E-state index in [1.165, 1.54) is 0 Å². The molecule has 1 atom stereocenters. The van der Waals surface area contributed by atoms with Crippen LogP contribution in [0.4, 0.5) is 4.79 Å². The van der Waals surface area contributed by atoms with Gasteiger partial charge in [0, 0.05) is 51.7 Å². The van der Waals surface area contributed by atoms with E-state index >= 15 is 0 Å². The lowest BCUT2D eigenvalue weighted by Crippen LogP contribution is -2.35. The van der Waals surface area contributed by atoms with Crippen LogP contribution in [0.2, 0.25) is 10.0 Å². The monoisotopic (exact) mass is 491 g/mol. The van der Waals surface area contributed by atoms with Gasteiger partial charge >= 0.3 is 6.09 Å². The largest absolute Gasteiger partial charge is 0.494 e. The Morgan fingerprint density at radius 2 is 2.03 bits per heavy atom. The summed E-state index contributed by atoms with van der Waals surface area (Å²) >= 11 is 12.6. The molecule has 1 aliphatic rings. The van der Waals surface area contributed by atoms with Crippen LogP contribution < -0.4 is 0 Å². The SMILES string of the molecule is Cc1nc2cn(C3CCN(C(=O)OC(C)(C)C)C3)c(O)c2c(-c2ccc(Cl)cc2Cl)c1CO. The van der Waals surface area contributed by atoms with Crippen LogP contribution in [0, 0.1) is 6.92 Å². The van der Waals surface area contributed by atoms with Gasteiger partial charge in [-0.25, -0.2) is 4.79 Å². The Morgan fingerprint density at radius 1 is 1.30 bits per heavy atom.